The molecule has 0 unspecified atom stereocenters. The second kappa shape index (κ2) is 5.72. The minimum Gasteiger partial charge on any atom is -0.464 e. The molecule has 6 nitrogen and oxygen atoms in total. The zero-order chi connectivity index (χ0) is 15.5. The minimum absolute atomic E-state index is 0.185. The number of ether oxygens (including phenoxy) is 1. The highest BCUT2D eigenvalue weighted by Crippen LogP contribution is 2.18. The van der Waals surface area contributed by atoms with Gasteiger partial charge >= 0.3 is 5.97 Å². The van der Waals surface area contributed by atoms with Crippen molar-refractivity contribution in [3.8, 4) is 17.1 Å². The fraction of sp³-hybridized carbons (Fsp3) is 0.0667. The lowest BCUT2D eigenvalue weighted by Crippen LogP contribution is -2.07. The van der Waals surface area contributed by atoms with E-state index < -0.39 is 11.8 Å². The molecule has 0 amide bonds. The zero-order valence-corrected chi connectivity index (χ0v) is 11.6. The summed E-state index contributed by atoms with van der Waals surface area (Å²) in [6, 6.07) is 7.99. The van der Waals surface area contributed by atoms with Crippen LogP contribution in [0.15, 0.2) is 48.9 Å². The fourth-order valence-corrected chi connectivity index (χ4v) is 1.93. The van der Waals surface area contributed by atoms with Crippen LogP contribution in [0.3, 0.4) is 0 Å². The zero-order valence-electron chi connectivity index (χ0n) is 11.6. The maximum Gasteiger partial charge on any atom is 0.356 e. The van der Waals surface area contributed by atoms with Crippen LogP contribution in [0.2, 0.25) is 0 Å². The maximum atomic E-state index is 13.2. The molecule has 0 atom stereocenters. The number of esters is 1. The van der Waals surface area contributed by atoms with Gasteiger partial charge in [-0.05, 0) is 24.3 Å². The van der Waals surface area contributed by atoms with E-state index in [0.717, 1.165) is 6.20 Å². The van der Waals surface area contributed by atoms with E-state index in [1.165, 1.54) is 24.1 Å². The van der Waals surface area contributed by atoms with Crippen LogP contribution in [-0.2, 0) is 4.74 Å². The molecule has 0 saturated heterocycles. The molecule has 0 aromatic carbocycles. The highest BCUT2D eigenvalue weighted by molar-refractivity contribution is 5.87. The van der Waals surface area contributed by atoms with Crippen molar-refractivity contribution in [2.45, 2.75) is 0 Å². The van der Waals surface area contributed by atoms with Gasteiger partial charge in [0.15, 0.2) is 11.5 Å². The highest BCUT2D eigenvalue weighted by atomic mass is 19.1. The molecule has 0 radical (unpaired) electrons. The standard InChI is InChI=1S/C15H11FN4O2/c1-22-15(21)13-3-2-4-14(18-13)20-6-5-12(19-20)10-7-11(16)9-17-8-10/h2-9H,1H3. The van der Waals surface area contributed by atoms with Crippen molar-refractivity contribution in [3.05, 3.63) is 60.4 Å². The molecule has 0 aliphatic heterocycles. The van der Waals surface area contributed by atoms with Crippen molar-refractivity contribution in [3.63, 3.8) is 0 Å². The molecule has 3 aromatic heterocycles. The van der Waals surface area contributed by atoms with Crippen molar-refractivity contribution in [1.82, 2.24) is 19.7 Å². The van der Waals surface area contributed by atoms with E-state index in [0.29, 0.717) is 17.1 Å². The lowest BCUT2D eigenvalue weighted by molar-refractivity contribution is 0.0594. The average molecular weight is 298 g/mol. The predicted octanol–water partition coefficient (Wildman–Crippen LogP) is 2.25. The van der Waals surface area contributed by atoms with Crippen molar-refractivity contribution in [1.29, 1.82) is 0 Å². The first kappa shape index (κ1) is 13.9. The first-order chi connectivity index (χ1) is 10.7. The van der Waals surface area contributed by atoms with E-state index in [2.05, 4.69) is 19.8 Å². The lowest BCUT2D eigenvalue weighted by Gasteiger charge is -2.03. The molecule has 22 heavy (non-hydrogen) atoms. The Kier molecular flexibility index (Phi) is 3.61. The number of carbonyl (C=O) groups excluding carboxylic acids is 1. The van der Waals surface area contributed by atoms with Gasteiger partial charge in [-0.25, -0.2) is 18.9 Å². The number of halogens is 1. The Balaban J connectivity index is 1.96. The van der Waals surface area contributed by atoms with Crippen LogP contribution in [0, 0.1) is 5.82 Å². The maximum absolute atomic E-state index is 13.2. The second-order valence-corrected chi connectivity index (χ2v) is 4.41. The normalized spacial score (nSPS) is 10.5. The molecule has 3 rings (SSSR count). The summed E-state index contributed by atoms with van der Waals surface area (Å²) < 4.78 is 19.3. The lowest BCUT2D eigenvalue weighted by atomic mass is 10.2. The van der Waals surface area contributed by atoms with E-state index in [9.17, 15) is 9.18 Å². The monoisotopic (exact) mass is 298 g/mol. The van der Waals surface area contributed by atoms with Gasteiger partial charge in [0.2, 0.25) is 0 Å². The number of rotatable bonds is 3. The number of nitrogens with zero attached hydrogens (tertiary/aromatic N) is 4. The quantitative estimate of drug-likeness (QED) is 0.694. The molecule has 0 saturated carbocycles. The molecule has 110 valence electrons. The molecule has 3 aromatic rings. The van der Waals surface area contributed by atoms with Crippen LogP contribution in [0.5, 0.6) is 0 Å². The average Bonchev–Trinajstić information content (AvgIpc) is 3.04. The van der Waals surface area contributed by atoms with Gasteiger partial charge in [0.1, 0.15) is 5.82 Å². The van der Waals surface area contributed by atoms with E-state index in [1.807, 2.05) is 0 Å². The molecular weight excluding hydrogens is 287 g/mol. The summed E-state index contributed by atoms with van der Waals surface area (Å²) in [5.41, 5.74) is 1.30. The number of aromatic nitrogens is 4. The summed E-state index contributed by atoms with van der Waals surface area (Å²) >= 11 is 0. The first-order valence-electron chi connectivity index (χ1n) is 6.40. The Morgan fingerprint density at radius 1 is 1.27 bits per heavy atom. The summed E-state index contributed by atoms with van der Waals surface area (Å²) in [5.74, 6) is -0.500. The number of carbonyl (C=O) groups is 1. The van der Waals surface area contributed by atoms with Gasteiger partial charge in [-0.1, -0.05) is 6.07 Å². The predicted molar refractivity (Wildman–Crippen MR) is 75.9 cm³/mol. The number of pyridine rings is 2. The van der Waals surface area contributed by atoms with E-state index in [-0.39, 0.29) is 5.69 Å². The summed E-state index contributed by atoms with van der Waals surface area (Å²) in [6.45, 7) is 0. The fourth-order valence-electron chi connectivity index (χ4n) is 1.93. The molecule has 0 fully saturated rings. The third kappa shape index (κ3) is 2.69. The molecule has 0 bridgehead atoms. The van der Waals surface area contributed by atoms with Crippen LogP contribution in [0.4, 0.5) is 4.39 Å². The summed E-state index contributed by atoms with van der Waals surface area (Å²) in [5, 5.41) is 4.31. The van der Waals surface area contributed by atoms with Crippen LogP contribution < -0.4 is 0 Å². The summed E-state index contributed by atoms with van der Waals surface area (Å²) in [7, 11) is 1.29. The van der Waals surface area contributed by atoms with Crippen molar-refractivity contribution >= 4 is 5.97 Å². The Hall–Kier alpha value is -3.09. The van der Waals surface area contributed by atoms with Crippen molar-refractivity contribution < 1.29 is 13.9 Å². The molecular formula is C15H11FN4O2. The Labute approximate surface area is 125 Å². The third-order valence-electron chi connectivity index (χ3n) is 2.95. The van der Waals surface area contributed by atoms with Crippen LogP contribution in [0.25, 0.3) is 17.1 Å². The first-order valence-corrected chi connectivity index (χ1v) is 6.40. The number of hydrogen-bond donors (Lipinski definition) is 0. The van der Waals surface area contributed by atoms with Gasteiger partial charge in [0, 0.05) is 18.0 Å². The largest absolute Gasteiger partial charge is 0.464 e. The van der Waals surface area contributed by atoms with Gasteiger partial charge in [0.25, 0.3) is 0 Å². The smallest absolute Gasteiger partial charge is 0.356 e. The SMILES string of the molecule is COC(=O)c1cccc(-n2ccc(-c3cncc(F)c3)n2)n1. The summed E-state index contributed by atoms with van der Waals surface area (Å²) in [4.78, 5) is 19.5. The molecule has 0 aliphatic carbocycles. The Morgan fingerprint density at radius 2 is 2.14 bits per heavy atom. The third-order valence-corrected chi connectivity index (χ3v) is 2.95. The number of hydrogen-bond acceptors (Lipinski definition) is 5. The highest BCUT2D eigenvalue weighted by Gasteiger charge is 2.10. The molecule has 7 heteroatoms. The molecule has 3 heterocycles. The van der Waals surface area contributed by atoms with Crippen molar-refractivity contribution in [2.75, 3.05) is 7.11 Å². The van der Waals surface area contributed by atoms with Gasteiger partial charge in [-0.3, -0.25) is 4.98 Å². The topological polar surface area (TPSA) is 69.9 Å². The van der Waals surface area contributed by atoms with Crippen LogP contribution in [0.1, 0.15) is 10.5 Å². The number of methoxy groups -OCH3 is 1. The van der Waals surface area contributed by atoms with Crippen molar-refractivity contribution in [2.24, 2.45) is 0 Å². The van der Waals surface area contributed by atoms with E-state index in [4.69, 9.17) is 0 Å². The van der Waals surface area contributed by atoms with Gasteiger partial charge < -0.3 is 4.74 Å². The Morgan fingerprint density at radius 3 is 2.91 bits per heavy atom. The van der Waals surface area contributed by atoms with Gasteiger partial charge in [0.05, 0.1) is 19.0 Å². The Bertz CT molecular complexity index is 832. The van der Waals surface area contributed by atoms with E-state index in [1.54, 1.807) is 30.5 Å². The minimum atomic E-state index is -0.524. The van der Waals surface area contributed by atoms with E-state index >= 15 is 0 Å². The molecule has 0 N–H and O–H groups in total. The summed E-state index contributed by atoms with van der Waals surface area (Å²) in [6.07, 6.45) is 4.32. The second-order valence-electron chi connectivity index (χ2n) is 4.41. The molecule has 0 spiro atoms. The van der Waals surface area contributed by atoms with Crippen LogP contribution in [-0.4, -0.2) is 32.8 Å². The van der Waals surface area contributed by atoms with Crippen LogP contribution >= 0.6 is 0 Å². The van der Waals surface area contributed by atoms with Gasteiger partial charge in [-0.15, -0.1) is 0 Å². The van der Waals surface area contributed by atoms with Gasteiger partial charge in [-0.2, -0.15) is 5.10 Å². The molecule has 0 aliphatic rings.